The van der Waals surface area contributed by atoms with Crippen molar-refractivity contribution in [3.05, 3.63) is 66.2 Å². The van der Waals surface area contributed by atoms with Crippen LogP contribution in [0.4, 0.5) is 5.69 Å². The Labute approximate surface area is 164 Å². The van der Waals surface area contributed by atoms with Crippen molar-refractivity contribution in [2.45, 2.75) is 12.5 Å². The largest absolute Gasteiger partial charge is 0.493 e. The minimum absolute atomic E-state index is 0.0372. The number of amides is 2. The molecule has 2 rings (SSSR count). The maximum Gasteiger partial charge on any atom is 0.247 e. The average Bonchev–Trinajstić information content (AvgIpc) is 2.72. The van der Waals surface area contributed by atoms with Gasteiger partial charge in [-0.05, 0) is 35.4 Å². The minimum Gasteiger partial charge on any atom is -0.493 e. The number of ether oxygens (including phenoxy) is 2. The summed E-state index contributed by atoms with van der Waals surface area (Å²) in [5, 5.41) is 15.7. The number of carbonyl (C=O) groups excluding carboxylic acids is 2. The van der Waals surface area contributed by atoms with Gasteiger partial charge < -0.3 is 25.2 Å². The summed E-state index contributed by atoms with van der Waals surface area (Å²) in [5.41, 5.74) is 1.80. The Bertz CT molecular complexity index is 850. The van der Waals surface area contributed by atoms with E-state index in [4.69, 9.17) is 9.47 Å². The Morgan fingerprint density at radius 2 is 1.86 bits per heavy atom. The second kappa shape index (κ2) is 10.1. The molecule has 0 aliphatic heterocycles. The fourth-order valence-electron chi connectivity index (χ4n) is 2.60. The summed E-state index contributed by atoms with van der Waals surface area (Å²) >= 11 is 0. The molecule has 0 heterocycles. The van der Waals surface area contributed by atoms with E-state index in [2.05, 4.69) is 17.2 Å². The highest BCUT2D eigenvalue weighted by Gasteiger charge is 2.14. The number of hydrogen-bond acceptors (Lipinski definition) is 5. The Hall–Kier alpha value is -3.32. The first kappa shape index (κ1) is 21.0. The third-order valence-electron chi connectivity index (χ3n) is 4.10. The number of benzene rings is 2. The molecule has 2 amide bonds. The molecule has 7 heteroatoms. The van der Waals surface area contributed by atoms with Gasteiger partial charge in [0.1, 0.15) is 0 Å². The normalized spacial score (nSPS) is 11.2. The maximum atomic E-state index is 12.3. The Morgan fingerprint density at radius 1 is 1.14 bits per heavy atom. The summed E-state index contributed by atoms with van der Waals surface area (Å²) in [7, 11) is 3.04. The molecular formula is C21H24N2O5. The maximum absolute atomic E-state index is 12.3. The highest BCUT2D eigenvalue weighted by atomic mass is 16.5. The monoisotopic (exact) mass is 384 g/mol. The Kier molecular flexibility index (Phi) is 7.59. The molecule has 7 nitrogen and oxygen atoms in total. The SMILES string of the molecule is C=CC(=O)Nc1ccccc1CC(=O)NCC(O)c1ccc(OC)c(OC)c1. The van der Waals surface area contributed by atoms with E-state index in [1.54, 1.807) is 42.5 Å². The zero-order chi connectivity index (χ0) is 20.5. The molecule has 2 aromatic carbocycles. The van der Waals surface area contributed by atoms with Gasteiger partial charge in [-0.15, -0.1) is 0 Å². The van der Waals surface area contributed by atoms with Gasteiger partial charge in [0, 0.05) is 12.2 Å². The molecule has 148 valence electrons. The van der Waals surface area contributed by atoms with Crippen LogP contribution in [0.3, 0.4) is 0 Å². The lowest BCUT2D eigenvalue weighted by Crippen LogP contribution is -2.30. The summed E-state index contributed by atoms with van der Waals surface area (Å²) in [5.74, 6) is 0.425. The number of para-hydroxylation sites is 1. The van der Waals surface area contributed by atoms with Crippen LogP contribution < -0.4 is 20.1 Å². The number of aliphatic hydroxyl groups is 1. The van der Waals surface area contributed by atoms with Crippen molar-refractivity contribution in [2.75, 3.05) is 26.1 Å². The minimum atomic E-state index is -0.903. The van der Waals surface area contributed by atoms with Gasteiger partial charge >= 0.3 is 0 Å². The van der Waals surface area contributed by atoms with E-state index in [1.807, 2.05) is 0 Å². The predicted molar refractivity (Wildman–Crippen MR) is 106 cm³/mol. The van der Waals surface area contributed by atoms with Gasteiger partial charge in [-0.25, -0.2) is 0 Å². The van der Waals surface area contributed by atoms with Crippen LogP contribution >= 0.6 is 0 Å². The molecule has 28 heavy (non-hydrogen) atoms. The zero-order valence-electron chi connectivity index (χ0n) is 15.9. The molecule has 0 saturated heterocycles. The van der Waals surface area contributed by atoms with E-state index in [-0.39, 0.29) is 24.8 Å². The van der Waals surface area contributed by atoms with Crippen molar-refractivity contribution in [1.82, 2.24) is 5.32 Å². The first-order chi connectivity index (χ1) is 13.5. The summed E-state index contributed by atoms with van der Waals surface area (Å²) in [6.45, 7) is 3.45. The lowest BCUT2D eigenvalue weighted by Gasteiger charge is -2.15. The summed E-state index contributed by atoms with van der Waals surface area (Å²) in [6.07, 6.45) is 0.322. The molecule has 0 fully saturated rings. The third-order valence-corrected chi connectivity index (χ3v) is 4.10. The fourth-order valence-corrected chi connectivity index (χ4v) is 2.60. The number of aliphatic hydroxyl groups excluding tert-OH is 1. The lowest BCUT2D eigenvalue weighted by molar-refractivity contribution is -0.121. The first-order valence-corrected chi connectivity index (χ1v) is 8.66. The molecule has 0 bridgehead atoms. The van der Waals surface area contributed by atoms with Crippen LogP contribution in [0.15, 0.2) is 55.1 Å². The number of methoxy groups -OCH3 is 2. The molecule has 2 aromatic rings. The highest BCUT2D eigenvalue weighted by Crippen LogP contribution is 2.29. The molecule has 1 atom stereocenters. The standard InChI is InChI=1S/C21H24N2O5/c1-4-20(25)23-16-8-6-5-7-14(16)12-21(26)22-13-17(24)15-9-10-18(27-2)19(11-15)28-3/h4-11,17,24H,1,12-13H2,2-3H3,(H,22,26)(H,23,25). The van der Waals surface area contributed by atoms with Crippen molar-refractivity contribution in [3.8, 4) is 11.5 Å². The number of anilines is 1. The van der Waals surface area contributed by atoms with Crippen molar-refractivity contribution in [1.29, 1.82) is 0 Å². The van der Waals surface area contributed by atoms with Crippen LogP contribution in [0.25, 0.3) is 0 Å². The van der Waals surface area contributed by atoms with Crippen molar-refractivity contribution in [2.24, 2.45) is 0 Å². The number of carbonyl (C=O) groups is 2. The highest BCUT2D eigenvalue weighted by molar-refractivity contribution is 5.99. The van der Waals surface area contributed by atoms with Gasteiger partial charge in [0.05, 0.1) is 26.7 Å². The second-order valence-corrected chi connectivity index (χ2v) is 5.96. The van der Waals surface area contributed by atoms with Crippen LogP contribution in [0.2, 0.25) is 0 Å². The molecule has 0 spiro atoms. The molecule has 1 unspecified atom stereocenters. The van der Waals surface area contributed by atoms with Gasteiger partial charge in [0.25, 0.3) is 0 Å². The molecule has 0 aliphatic rings. The molecular weight excluding hydrogens is 360 g/mol. The van der Waals surface area contributed by atoms with Crippen LogP contribution in [0.1, 0.15) is 17.2 Å². The summed E-state index contributed by atoms with van der Waals surface area (Å²) < 4.78 is 10.4. The van der Waals surface area contributed by atoms with E-state index >= 15 is 0 Å². The van der Waals surface area contributed by atoms with E-state index in [0.717, 1.165) is 6.08 Å². The third kappa shape index (κ3) is 5.59. The van der Waals surface area contributed by atoms with Gasteiger partial charge in [-0.3, -0.25) is 9.59 Å². The molecule has 0 aliphatic carbocycles. The van der Waals surface area contributed by atoms with Crippen LogP contribution in [0.5, 0.6) is 11.5 Å². The second-order valence-electron chi connectivity index (χ2n) is 5.96. The van der Waals surface area contributed by atoms with Crippen molar-refractivity contribution in [3.63, 3.8) is 0 Å². The van der Waals surface area contributed by atoms with E-state index < -0.39 is 6.10 Å². The Balaban J connectivity index is 1.97. The quantitative estimate of drug-likeness (QED) is 0.576. The lowest BCUT2D eigenvalue weighted by atomic mass is 10.1. The average molecular weight is 384 g/mol. The molecule has 3 N–H and O–H groups in total. The van der Waals surface area contributed by atoms with E-state index in [0.29, 0.717) is 28.3 Å². The zero-order valence-corrected chi connectivity index (χ0v) is 15.9. The molecule has 0 radical (unpaired) electrons. The number of nitrogens with one attached hydrogen (secondary N) is 2. The smallest absolute Gasteiger partial charge is 0.247 e. The van der Waals surface area contributed by atoms with Gasteiger partial charge in [0.2, 0.25) is 11.8 Å². The van der Waals surface area contributed by atoms with Crippen molar-refractivity contribution >= 4 is 17.5 Å². The summed E-state index contributed by atoms with van der Waals surface area (Å²) in [4.78, 5) is 23.8. The van der Waals surface area contributed by atoms with Gasteiger partial charge in [-0.2, -0.15) is 0 Å². The summed E-state index contributed by atoms with van der Waals surface area (Å²) in [6, 6.07) is 12.1. The topological polar surface area (TPSA) is 96.9 Å². The van der Waals surface area contributed by atoms with E-state index in [9.17, 15) is 14.7 Å². The van der Waals surface area contributed by atoms with Crippen LogP contribution in [-0.2, 0) is 16.0 Å². The van der Waals surface area contributed by atoms with Crippen LogP contribution in [-0.4, -0.2) is 37.7 Å². The van der Waals surface area contributed by atoms with Gasteiger partial charge in [0.15, 0.2) is 11.5 Å². The Morgan fingerprint density at radius 3 is 2.54 bits per heavy atom. The molecule has 0 aromatic heterocycles. The first-order valence-electron chi connectivity index (χ1n) is 8.66. The molecule has 0 saturated carbocycles. The van der Waals surface area contributed by atoms with Gasteiger partial charge in [-0.1, -0.05) is 30.8 Å². The van der Waals surface area contributed by atoms with Crippen molar-refractivity contribution < 1.29 is 24.2 Å². The van der Waals surface area contributed by atoms with Crippen LogP contribution in [0, 0.1) is 0 Å². The fraction of sp³-hybridized carbons (Fsp3) is 0.238. The predicted octanol–water partition coefficient (Wildman–Crippen LogP) is 2.22. The number of rotatable bonds is 9. The van der Waals surface area contributed by atoms with E-state index in [1.165, 1.54) is 14.2 Å². The number of hydrogen-bond donors (Lipinski definition) is 3.